The summed E-state index contributed by atoms with van der Waals surface area (Å²) in [4.78, 5) is 19.9. The van der Waals surface area contributed by atoms with Gasteiger partial charge in [0.15, 0.2) is 5.82 Å². The van der Waals surface area contributed by atoms with Crippen LogP contribution >= 0.6 is 0 Å². The summed E-state index contributed by atoms with van der Waals surface area (Å²) in [6, 6.07) is 1.34. The third-order valence-electron chi connectivity index (χ3n) is 1.52. The molecule has 0 saturated carbocycles. The number of nitro groups is 1. The van der Waals surface area contributed by atoms with Crippen LogP contribution in [-0.2, 0) is 0 Å². The summed E-state index contributed by atoms with van der Waals surface area (Å²) in [5.74, 6) is -3.38. The lowest BCUT2D eigenvalue weighted by atomic mass is 10.1. The van der Waals surface area contributed by atoms with Gasteiger partial charge < -0.3 is 10.8 Å². The fourth-order valence-electron chi connectivity index (χ4n) is 0.866. The molecule has 6 nitrogen and oxygen atoms in total. The Bertz CT molecular complexity index is 418. The molecule has 0 aromatic heterocycles. The molecule has 0 fully saturated rings. The van der Waals surface area contributed by atoms with Crippen LogP contribution in [0.4, 0.5) is 10.1 Å². The summed E-state index contributed by atoms with van der Waals surface area (Å²) in [7, 11) is 0. The number of aromatic hydroxyl groups is 1. The predicted octanol–water partition coefficient (Wildman–Crippen LogP) is 0.538. The van der Waals surface area contributed by atoms with Gasteiger partial charge in [-0.05, 0) is 6.07 Å². The number of rotatable bonds is 2. The SMILES string of the molecule is NC(=O)c1cc(F)c(O)c([N+](=O)[O-])c1. The summed E-state index contributed by atoms with van der Waals surface area (Å²) in [5, 5.41) is 19.2. The van der Waals surface area contributed by atoms with Gasteiger partial charge in [-0.1, -0.05) is 0 Å². The number of phenols is 1. The highest BCUT2D eigenvalue weighted by Gasteiger charge is 2.20. The first-order valence-electron chi connectivity index (χ1n) is 3.40. The molecule has 1 aromatic rings. The number of nitro benzene ring substituents is 1. The van der Waals surface area contributed by atoms with Crippen LogP contribution in [0.3, 0.4) is 0 Å². The van der Waals surface area contributed by atoms with Crippen molar-refractivity contribution in [2.24, 2.45) is 5.73 Å². The molecule has 0 spiro atoms. The quantitative estimate of drug-likeness (QED) is 0.536. The largest absolute Gasteiger partial charge is 0.500 e. The second-order valence-corrected chi connectivity index (χ2v) is 2.45. The van der Waals surface area contributed by atoms with Crippen molar-refractivity contribution < 1.29 is 19.2 Å². The minimum Gasteiger partial charge on any atom is -0.500 e. The molecule has 14 heavy (non-hydrogen) atoms. The van der Waals surface area contributed by atoms with Crippen LogP contribution in [0.15, 0.2) is 12.1 Å². The molecule has 1 rings (SSSR count). The fraction of sp³-hybridized carbons (Fsp3) is 0. The van der Waals surface area contributed by atoms with Crippen molar-refractivity contribution >= 4 is 11.6 Å². The Labute approximate surface area is 76.9 Å². The van der Waals surface area contributed by atoms with Crippen molar-refractivity contribution in [3.63, 3.8) is 0 Å². The summed E-state index contributed by atoms with van der Waals surface area (Å²) in [5.41, 5.74) is 3.53. The molecule has 7 heteroatoms. The van der Waals surface area contributed by atoms with Gasteiger partial charge in [-0.3, -0.25) is 14.9 Å². The van der Waals surface area contributed by atoms with Gasteiger partial charge in [-0.15, -0.1) is 0 Å². The van der Waals surface area contributed by atoms with Gasteiger partial charge in [0.2, 0.25) is 11.7 Å². The second-order valence-electron chi connectivity index (χ2n) is 2.45. The number of hydrogen-bond acceptors (Lipinski definition) is 4. The van der Waals surface area contributed by atoms with Crippen LogP contribution in [0, 0.1) is 15.9 Å². The molecule has 3 N–H and O–H groups in total. The van der Waals surface area contributed by atoms with Gasteiger partial charge in [0, 0.05) is 11.6 Å². The third-order valence-corrected chi connectivity index (χ3v) is 1.52. The molecule has 1 aromatic carbocycles. The smallest absolute Gasteiger partial charge is 0.314 e. The van der Waals surface area contributed by atoms with Gasteiger partial charge in [0.05, 0.1) is 4.92 Å². The average molecular weight is 200 g/mol. The molecule has 0 aliphatic rings. The lowest BCUT2D eigenvalue weighted by Gasteiger charge is -1.99. The number of benzene rings is 1. The van der Waals surface area contributed by atoms with Crippen LogP contribution in [-0.4, -0.2) is 15.9 Å². The third kappa shape index (κ3) is 1.60. The van der Waals surface area contributed by atoms with Crippen LogP contribution < -0.4 is 5.73 Å². The Morgan fingerprint density at radius 3 is 2.57 bits per heavy atom. The minimum atomic E-state index is -1.26. The maximum atomic E-state index is 12.8. The van der Waals surface area contributed by atoms with Crippen LogP contribution in [0.5, 0.6) is 5.75 Å². The molecule has 74 valence electrons. The highest BCUT2D eigenvalue weighted by atomic mass is 19.1. The van der Waals surface area contributed by atoms with Gasteiger partial charge in [-0.25, -0.2) is 4.39 Å². The van der Waals surface area contributed by atoms with E-state index in [1.165, 1.54) is 0 Å². The number of amides is 1. The molecular formula is C7H5FN2O4. The van der Waals surface area contributed by atoms with Gasteiger partial charge >= 0.3 is 5.69 Å². The lowest BCUT2D eigenvalue weighted by Crippen LogP contribution is -2.11. The Kier molecular flexibility index (Phi) is 2.32. The Morgan fingerprint density at radius 1 is 1.57 bits per heavy atom. The van der Waals surface area contributed by atoms with E-state index in [1.807, 2.05) is 0 Å². The number of carbonyl (C=O) groups excluding carboxylic acids is 1. The molecule has 0 bridgehead atoms. The van der Waals surface area contributed by atoms with E-state index in [-0.39, 0.29) is 5.56 Å². The zero-order valence-corrected chi connectivity index (χ0v) is 6.73. The molecule has 1 amide bonds. The highest BCUT2D eigenvalue weighted by molar-refractivity contribution is 5.93. The van der Waals surface area contributed by atoms with E-state index in [9.17, 15) is 19.3 Å². The first-order valence-corrected chi connectivity index (χ1v) is 3.40. The zero-order valence-electron chi connectivity index (χ0n) is 6.73. The first kappa shape index (κ1) is 9.90. The Hall–Kier alpha value is -2.18. The topological polar surface area (TPSA) is 106 Å². The van der Waals surface area contributed by atoms with E-state index in [0.717, 1.165) is 0 Å². The van der Waals surface area contributed by atoms with E-state index < -0.39 is 28.1 Å². The van der Waals surface area contributed by atoms with Crippen molar-refractivity contribution in [1.82, 2.24) is 0 Å². The average Bonchev–Trinajstić information content (AvgIpc) is 2.08. The van der Waals surface area contributed by atoms with Crippen molar-refractivity contribution in [2.75, 3.05) is 0 Å². The van der Waals surface area contributed by atoms with Crippen LogP contribution in [0.2, 0.25) is 0 Å². The van der Waals surface area contributed by atoms with Crippen LogP contribution in [0.25, 0.3) is 0 Å². The standard InChI is InChI=1S/C7H5FN2O4/c8-4-1-3(7(9)12)2-5(6(4)11)10(13)14/h1-2,11H,(H2,9,12). The molecule has 0 unspecified atom stereocenters. The predicted molar refractivity (Wildman–Crippen MR) is 43.2 cm³/mol. The molecule has 0 saturated heterocycles. The van der Waals surface area contributed by atoms with E-state index >= 15 is 0 Å². The molecule has 0 radical (unpaired) electrons. The van der Waals surface area contributed by atoms with Gasteiger partial charge in [0.25, 0.3) is 0 Å². The summed E-state index contributed by atoms with van der Waals surface area (Å²) in [6.07, 6.45) is 0. The van der Waals surface area contributed by atoms with E-state index in [4.69, 9.17) is 10.8 Å². The number of halogens is 1. The number of carbonyl (C=O) groups is 1. The normalized spacial score (nSPS) is 9.79. The second kappa shape index (κ2) is 3.29. The van der Waals surface area contributed by atoms with E-state index in [1.54, 1.807) is 0 Å². The number of hydrogen-bond donors (Lipinski definition) is 2. The monoisotopic (exact) mass is 200 g/mol. The Balaban J connectivity index is 3.43. The maximum Gasteiger partial charge on any atom is 0.314 e. The highest BCUT2D eigenvalue weighted by Crippen LogP contribution is 2.29. The van der Waals surface area contributed by atoms with E-state index in [2.05, 4.69) is 0 Å². The number of nitrogens with two attached hydrogens (primary N) is 1. The summed E-state index contributed by atoms with van der Waals surface area (Å²) < 4.78 is 12.8. The molecule has 0 aliphatic heterocycles. The van der Waals surface area contributed by atoms with E-state index in [0.29, 0.717) is 12.1 Å². The number of primary amides is 1. The summed E-state index contributed by atoms with van der Waals surface area (Å²) in [6.45, 7) is 0. The summed E-state index contributed by atoms with van der Waals surface area (Å²) >= 11 is 0. The van der Waals surface area contributed by atoms with Crippen molar-refractivity contribution in [1.29, 1.82) is 0 Å². The molecule has 0 atom stereocenters. The molecule has 0 aliphatic carbocycles. The number of phenolic OH excluding ortho intramolecular Hbond substituents is 1. The van der Waals surface area contributed by atoms with Crippen LogP contribution in [0.1, 0.15) is 10.4 Å². The Morgan fingerprint density at radius 2 is 2.14 bits per heavy atom. The minimum absolute atomic E-state index is 0.369. The van der Waals surface area contributed by atoms with Crippen molar-refractivity contribution in [3.05, 3.63) is 33.6 Å². The number of nitrogens with zero attached hydrogens (tertiary/aromatic N) is 1. The van der Waals surface area contributed by atoms with Gasteiger partial charge in [0.1, 0.15) is 0 Å². The molecular weight excluding hydrogens is 195 g/mol. The van der Waals surface area contributed by atoms with Crippen molar-refractivity contribution in [3.8, 4) is 5.75 Å². The maximum absolute atomic E-state index is 12.8. The zero-order chi connectivity index (χ0) is 10.9. The lowest BCUT2D eigenvalue weighted by molar-refractivity contribution is -0.386. The van der Waals surface area contributed by atoms with Gasteiger partial charge in [-0.2, -0.15) is 0 Å². The first-order chi connectivity index (χ1) is 6.43. The molecule has 0 heterocycles. The fourth-order valence-corrected chi connectivity index (χ4v) is 0.866. The van der Waals surface area contributed by atoms with Crippen molar-refractivity contribution in [2.45, 2.75) is 0 Å².